The molecule has 4 aromatic rings. The first kappa shape index (κ1) is 30.6. The van der Waals surface area contributed by atoms with Gasteiger partial charge in [-0.3, -0.25) is 0 Å². The number of halogens is 3. The van der Waals surface area contributed by atoms with Crippen LogP contribution in [-0.2, 0) is 13.3 Å². The van der Waals surface area contributed by atoms with Crippen LogP contribution in [0.5, 0.6) is 5.75 Å². The van der Waals surface area contributed by atoms with Gasteiger partial charge in [0.2, 0.25) is 0 Å². The van der Waals surface area contributed by atoms with E-state index >= 15 is 0 Å². The predicted molar refractivity (Wildman–Crippen MR) is 147 cm³/mol. The SMILES string of the molecule is Cc1cc(-c2ccc(F)c(CF)n2)ncn1.Cc1cc(-c2ccc(OC[C@@](C)(N)CC(C)C)c(CF)n2)ncn1. The Morgan fingerprint density at radius 2 is 1.32 bits per heavy atom. The number of rotatable bonds is 9. The molecule has 4 heterocycles. The van der Waals surface area contributed by atoms with Crippen molar-refractivity contribution in [2.24, 2.45) is 11.7 Å². The summed E-state index contributed by atoms with van der Waals surface area (Å²) in [5.74, 6) is 0.246. The highest BCUT2D eigenvalue weighted by molar-refractivity contribution is 5.56. The third-order valence-corrected chi connectivity index (χ3v) is 5.67. The minimum Gasteiger partial charge on any atom is -0.490 e. The molecule has 4 rings (SSSR count). The van der Waals surface area contributed by atoms with Crippen LogP contribution in [0.25, 0.3) is 22.8 Å². The van der Waals surface area contributed by atoms with Gasteiger partial charge >= 0.3 is 0 Å². The minimum atomic E-state index is -0.927. The summed E-state index contributed by atoms with van der Waals surface area (Å²) < 4.78 is 44.6. The molecule has 0 aliphatic heterocycles. The molecule has 0 saturated heterocycles. The van der Waals surface area contributed by atoms with Crippen LogP contribution in [0.1, 0.15) is 50.0 Å². The van der Waals surface area contributed by atoms with Crippen molar-refractivity contribution in [3.8, 4) is 28.5 Å². The normalized spacial score (nSPS) is 12.4. The molecule has 0 aliphatic rings. The van der Waals surface area contributed by atoms with Crippen molar-refractivity contribution in [1.82, 2.24) is 29.9 Å². The van der Waals surface area contributed by atoms with Crippen LogP contribution >= 0.6 is 0 Å². The zero-order valence-electron chi connectivity index (χ0n) is 23.3. The maximum atomic E-state index is 13.4. The van der Waals surface area contributed by atoms with Gasteiger partial charge in [-0.25, -0.2) is 43.1 Å². The summed E-state index contributed by atoms with van der Waals surface area (Å²) >= 11 is 0. The van der Waals surface area contributed by atoms with Gasteiger partial charge in [0.05, 0.1) is 22.8 Å². The van der Waals surface area contributed by atoms with Gasteiger partial charge in [0.25, 0.3) is 0 Å². The molecule has 11 heteroatoms. The zero-order chi connectivity index (χ0) is 29.3. The Kier molecular flexibility index (Phi) is 10.6. The van der Waals surface area contributed by atoms with Crippen LogP contribution in [0.15, 0.2) is 49.1 Å². The molecule has 0 radical (unpaired) electrons. The summed E-state index contributed by atoms with van der Waals surface area (Å²) in [6, 6.07) is 9.67. The van der Waals surface area contributed by atoms with Crippen LogP contribution in [0.2, 0.25) is 0 Å². The Hall–Kier alpha value is -3.99. The highest BCUT2D eigenvalue weighted by Crippen LogP contribution is 2.25. The molecule has 0 spiro atoms. The molecule has 212 valence electrons. The highest BCUT2D eigenvalue weighted by Gasteiger charge is 2.22. The Morgan fingerprint density at radius 3 is 1.82 bits per heavy atom. The molecule has 1 atom stereocenters. The monoisotopic (exact) mass is 553 g/mol. The second-order valence-corrected chi connectivity index (χ2v) is 10.2. The number of nitrogens with two attached hydrogens (primary N) is 1. The summed E-state index contributed by atoms with van der Waals surface area (Å²) in [4.78, 5) is 24.4. The van der Waals surface area contributed by atoms with Crippen LogP contribution in [0, 0.1) is 25.6 Å². The predicted octanol–water partition coefficient (Wildman–Crippen LogP) is 5.91. The van der Waals surface area contributed by atoms with Gasteiger partial charge < -0.3 is 10.5 Å². The molecule has 0 aromatic carbocycles. The molecule has 0 saturated carbocycles. The number of hydrogen-bond acceptors (Lipinski definition) is 8. The molecule has 0 unspecified atom stereocenters. The number of hydrogen-bond donors (Lipinski definition) is 1. The molecule has 8 nitrogen and oxygen atoms in total. The van der Waals surface area contributed by atoms with E-state index in [1.807, 2.05) is 26.8 Å². The van der Waals surface area contributed by atoms with Crippen molar-refractivity contribution < 1.29 is 17.9 Å². The second-order valence-electron chi connectivity index (χ2n) is 10.2. The van der Waals surface area contributed by atoms with Gasteiger partial charge in [-0.05, 0) is 69.5 Å². The van der Waals surface area contributed by atoms with Crippen LogP contribution < -0.4 is 10.5 Å². The Labute approximate surface area is 232 Å². The molecule has 0 bridgehead atoms. The summed E-state index contributed by atoms with van der Waals surface area (Å²) in [5.41, 5.74) is 9.69. The number of pyridine rings is 2. The first-order valence-electron chi connectivity index (χ1n) is 12.8. The lowest BCUT2D eigenvalue weighted by Crippen LogP contribution is -2.43. The first-order chi connectivity index (χ1) is 19.0. The molecular weight excluding hydrogens is 519 g/mol. The number of nitrogens with zero attached hydrogens (tertiary/aromatic N) is 6. The van der Waals surface area contributed by atoms with Gasteiger partial charge in [-0.15, -0.1) is 0 Å². The second kappa shape index (κ2) is 13.9. The lowest BCUT2D eigenvalue weighted by molar-refractivity contribution is 0.203. The maximum absolute atomic E-state index is 13.4. The van der Waals surface area contributed by atoms with E-state index < -0.39 is 24.7 Å². The first-order valence-corrected chi connectivity index (χ1v) is 12.8. The average molecular weight is 554 g/mol. The zero-order valence-corrected chi connectivity index (χ0v) is 23.3. The number of alkyl halides is 2. The van der Waals surface area contributed by atoms with Gasteiger partial charge in [-0.2, -0.15) is 0 Å². The Bertz CT molecular complexity index is 1420. The molecule has 4 aromatic heterocycles. The van der Waals surface area contributed by atoms with E-state index in [0.717, 1.165) is 17.8 Å². The third kappa shape index (κ3) is 8.77. The van der Waals surface area contributed by atoms with Gasteiger partial charge in [0.1, 0.15) is 55.6 Å². The van der Waals surface area contributed by atoms with E-state index in [9.17, 15) is 13.2 Å². The summed E-state index contributed by atoms with van der Waals surface area (Å²) in [7, 11) is 0. The topological polar surface area (TPSA) is 113 Å². The summed E-state index contributed by atoms with van der Waals surface area (Å²) in [6.45, 7) is 8.51. The molecule has 0 aliphatic carbocycles. The van der Waals surface area contributed by atoms with Crippen molar-refractivity contribution in [1.29, 1.82) is 0 Å². The van der Waals surface area contributed by atoms with Gasteiger partial charge in [0, 0.05) is 16.9 Å². The van der Waals surface area contributed by atoms with Crippen LogP contribution in [0.4, 0.5) is 13.2 Å². The van der Waals surface area contributed by atoms with Crippen molar-refractivity contribution in [2.45, 2.75) is 59.9 Å². The van der Waals surface area contributed by atoms with E-state index in [4.69, 9.17) is 10.5 Å². The summed E-state index contributed by atoms with van der Waals surface area (Å²) in [5, 5.41) is 0. The van der Waals surface area contributed by atoms with Gasteiger partial charge in [0.15, 0.2) is 0 Å². The number of aryl methyl sites for hydroxylation is 2. The quantitative estimate of drug-likeness (QED) is 0.272. The van der Waals surface area contributed by atoms with E-state index in [1.165, 1.54) is 24.8 Å². The van der Waals surface area contributed by atoms with E-state index in [0.29, 0.717) is 41.1 Å². The van der Waals surface area contributed by atoms with Crippen molar-refractivity contribution in [2.75, 3.05) is 6.61 Å². The standard InChI is InChI=1S/C18H25FN4O.C11H9F2N3/c1-12(2)8-18(4,20)10-24-17-6-5-14(23-16(17)9-19)15-7-13(3)21-11-22-15;1-7-4-10(15-6-14-7)9-3-2-8(13)11(5-12)16-9/h5-7,11-12H,8-10,20H2,1-4H3;2-4,6H,5H2,1H3/t18-;/m0./s1. The van der Waals surface area contributed by atoms with E-state index in [1.54, 1.807) is 18.2 Å². The van der Waals surface area contributed by atoms with Crippen LogP contribution in [-0.4, -0.2) is 42.0 Å². The maximum Gasteiger partial charge on any atom is 0.147 e. The van der Waals surface area contributed by atoms with Crippen LogP contribution in [0.3, 0.4) is 0 Å². The molecule has 0 fully saturated rings. The lowest BCUT2D eigenvalue weighted by atomic mass is 9.93. The highest BCUT2D eigenvalue weighted by atomic mass is 19.1. The third-order valence-electron chi connectivity index (χ3n) is 5.67. The molecule has 0 amide bonds. The Balaban J connectivity index is 0.000000238. The Morgan fingerprint density at radius 1 is 0.800 bits per heavy atom. The van der Waals surface area contributed by atoms with Crippen molar-refractivity contribution >= 4 is 0 Å². The smallest absolute Gasteiger partial charge is 0.147 e. The van der Waals surface area contributed by atoms with Crippen molar-refractivity contribution in [3.05, 3.63) is 77.6 Å². The average Bonchev–Trinajstić information content (AvgIpc) is 2.92. The molecule has 2 N–H and O–H groups in total. The summed E-state index contributed by atoms with van der Waals surface area (Å²) in [6.07, 6.45) is 3.69. The fourth-order valence-electron chi connectivity index (χ4n) is 4.00. The number of ether oxygens (including phenoxy) is 1. The lowest BCUT2D eigenvalue weighted by Gasteiger charge is -2.27. The minimum absolute atomic E-state index is 0.200. The van der Waals surface area contributed by atoms with E-state index in [2.05, 4.69) is 43.8 Å². The molecule has 40 heavy (non-hydrogen) atoms. The number of aromatic nitrogens is 6. The molecular formula is C29H34F3N7O. The fourth-order valence-corrected chi connectivity index (χ4v) is 4.00. The largest absolute Gasteiger partial charge is 0.490 e. The van der Waals surface area contributed by atoms with Crippen molar-refractivity contribution in [3.63, 3.8) is 0 Å². The van der Waals surface area contributed by atoms with Gasteiger partial charge in [-0.1, -0.05) is 13.8 Å². The fraction of sp³-hybridized carbons (Fsp3) is 0.379. The van der Waals surface area contributed by atoms with E-state index in [-0.39, 0.29) is 11.4 Å².